The van der Waals surface area contributed by atoms with Crippen molar-refractivity contribution in [3.63, 3.8) is 0 Å². The highest BCUT2D eigenvalue weighted by Crippen LogP contribution is 2.21. The molecule has 0 aromatic heterocycles. The largest absolute Gasteiger partial charge is 0.373 e. The average Bonchev–Trinajstić information content (AvgIpc) is 2.31. The smallest absolute Gasteiger partial charge is 0.321 e. The van der Waals surface area contributed by atoms with Crippen molar-refractivity contribution in [2.24, 2.45) is 0 Å². The summed E-state index contributed by atoms with van der Waals surface area (Å²) < 4.78 is 0. The molecule has 1 aromatic carbocycles. The number of hydrogen-bond donors (Lipinski definition) is 3. The number of hydrogen-bond acceptors (Lipinski definition) is 3. The van der Waals surface area contributed by atoms with Crippen molar-refractivity contribution >= 4 is 29.2 Å². The van der Waals surface area contributed by atoms with Gasteiger partial charge in [0.2, 0.25) is 5.91 Å². The standard InChI is InChI=1S/C11H14ClN3O2/c1-7(10(16)15-11(17)13-2)14-9-6-4-3-5-8(9)12/h3-7,14H,1-2H3,(H2,13,15,16,17). The van der Waals surface area contributed by atoms with Gasteiger partial charge in [-0.05, 0) is 19.1 Å². The second-order valence-electron chi connectivity index (χ2n) is 3.41. The summed E-state index contributed by atoms with van der Waals surface area (Å²) in [7, 11) is 1.44. The molecular weight excluding hydrogens is 242 g/mol. The first-order chi connectivity index (χ1) is 8.04. The summed E-state index contributed by atoms with van der Waals surface area (Å²) in [5.41, 5.74) is 0.647. The van der Waals surface area contributed by atoms with Crippen molar-refractivity contribution in [1.29, 1.82) is 0 Å². The van der Waals surface area contributed by atoms with Gasteiger partial charge in [-0.1, -0.05) is 23.7 Å². The highest BCUT2D eigenvalue weighted by atomic mass is 35.5. The molecule has 92 valence electrons. The maximum Gasteiger partial charge on any atom is 0.321 e. The van der Waals surface area contributed by atoms with Gasteiger partial charge < -0.3 is 10.6 Å². The van der Waals surface area contributed by atoms with Gasteiger partial charge in [-0.3, -0.25) is 10.1 Å². The Kier molecular flexibility index (Phi) is 4.78. The van der Waals surface area contributed by atoms with E-state index in [1.165, 1.54) is 7.05 Å². The normalized spacial score (nSPS) is 11.5. The molecule has 17 heavy (non-hydrogen) atoms. The summed E-state index contributed by atoms with van der Waals surface area (Å²) >= 11 is 5.93. The zero-order valence-electron chi connectivity index (χ0n) is 9.58. The molecular formula is C11H14ClN3O2. The van der Waals surface area contributed by atoms with E-state index in [2.05, 4.69) is 16.0 Å². The lowest BCUT2D eigenvalue weighted by atomic mass is 10.2. The predicted octanol–water partition coefficient (Wildman–Crippen LogP) is 1.60. The summed E-state index contributed by atoms with van der Waals surface area (Å²) in [6.07, 6.45) is 0. The van der Waals surface area contributed by atoms with Crippen molar-refractivity contribution < 1.29 is 9.59 Å². The molecule has 0 saturated carbocycles. The van der Waals surface area contributed by atoms with E-state index in [0.29, 0.717) is 10.7 Å². The van der Waals surface area contributed by atoms with Crippen molar-refractivity contribution in [2.45, 2.75) is 13.0 Å². The Morgan fingerprint density at radius 3 is 2.53 bits per heavy atom. The van der Waals surface area contributed by atoms with E-state index in [1.807, 2.05) is 0 Å². The van der Waals surface area contributed by atoms with E-state index < -0.39 is 18.0 Å². The fraction of sp³-hybridized carbons (Fsp3) is 0.273. The van der Waals surface area contributed by atoms with Crippen LogP contribution in [0.25, 0.3) is 0 Å². The van der Waals surface area contributed by atoms with Crippen LogP contribution in [0, 0.1) is 0 Å². The van der Waals surface area contributed by atoms with E-state index in [9.17, 15) is 9.59 Å². The lowest BCUT2D eigenvalue weighted by molar-refractivity contribution is -0.120. The van der Waals surface area contributed by atoms with Gasteiger partial charge in [0.25, 0.3) is 0 Å². The first-order valence-electron chi connectivity index (χ1n) is 5.08. The number of carbonyl (C=O) groups excluding carboxylic acids is 2. The van der Waals surface area contributed by atoms with E-state index in [-0.39, 0.29) is 0 Å². The van der Waals surface area contributed by atoms with Gasteiger partial charge in [-0.25, -0.2) is 4.79 Å². The van der Waals surface area contributed by atoms with Crippen molar-refractivity contribution in [3.05, 3.63) is 29.3 Å². The molecule has 0 bridgehead atoms. The second kappa shape index (κ2) is 6.10. The van der Waals surface area contributed by atoms with Gasteiger partial charge >= 0.3 is 6.03 Å². The number of rotatable bonds is 3. The Labute approximate surface area is 105 Å². The van der Waals surface area contributed by atoms with Crippen LogP contribution in [0.15, 0.2) is 24.3 Å². The fourth-order valence-corrected chi connectivity index (χ4v) is 1.35. The Bertz CT molecular complexity index is 423. The summed E-state index contributed by atoms with van der Waals surface area (Å²) in [6.45, 7) is 1.64. The van der Waals surface area contributed by atoms with Crippen LogP contribution in [0.4, 0.5) is 10.5 Å². The van der Waals surface area contributed by atoms with Gasteiger partial charge in [0.1, 0.15) is 6.04 Å². The minimum absolute atomic E-state index is 0.427. The highest BCUT2D eigenvalue weighted by Gasteiger charge is 2.15. The van der Waals surface area contributed by atoms with Crippen molar-refractivity contribution in [1.82, 2.24) is 10.6 Å². The molecule has 0 saturated heterocycles. The molecule has 0 aliphatic heterocycles. The van der Waals surface area contributed by atoms with Crippen LogP contribution in [0.5, 0.6) is 0 Å². The summed E-state index contributed by atoms with van der Waals surface area (Å²) in [5, 5.41) is 7.91. The third-order valence-electron chi connectivity index (χ3n) is 2.10. The van der Waals surface area contributed by atoms with Gasteiger partial charge in [-0.2, -0.15) is 0 Å². The molecule has 5 nitrogen and oxygen atoms in total. The highest BCUT2D eigenvalue weighted by molar-refractivity contribution is 6.33. The maximum absolute atomic E-state index is 11.6. The Hall–Kier alpha value is -1.75. The predicted molar refractivity (Wildman–Crippen MR) is 67.1 cm³/mol. The van der Waals surface area contributed by atoms with Crippen LogP contribution in [0.3, 0.4) is 0 Å². The first kappa shape index (κ1) is 13.3. The minimum Gasteiger partial charge on any atom is -0.373 e. The van der Waals surface area contributed by atoms with Gasteiger partial charge in [0.15, 0.2) is 0 Å². The van der Waals surface area contributed by atoms with E-state index in [1.54, 1.807) is 31.2 Å². The number of para-hydroxylation sites is 1. The van der Waals surface area contributed by atoms with Crippen LogP contribution < -0.4 is 16.0 Å². The zero-order valence-corrected chi connectivity index (χ0v) is 10.3. The number of nitrogens with one attached hydrogen (secondary N) is 3. The molecule has 1 unspecified atom stereocenters. The zero-order chi connectivity index (χ0) is 12.8. The minimum atomic E-state index is -0.563. The van der Waals surface area contributed by atoms with E-state index >= 15 is 0 Å². The summed E-state index contributed by atoms with van der Waals surface area (Å²) in [4.78, 5) is 22.5. The van der Waals surface area contributed by atoms with Crippen LogP contribution in [0.1, 0.15) is 6.92 Å². The van der Waals surface area contributed by atoms with Crippen molar-refractivity contribution in [2.75, 3.05) is 12.4 Å². The summed E-state index contributed by atoms with van der Waals surface area (Å²) in [5.74, 6) is -0.427. The molecule has 0 aliphatic carbocycles. The molecule has 0 spiro atoms. The van der Waals surface area contributed by atoms with Gasteiger partial charge in [0, 0.05) is 7.05 Å². The molecule has 0 radical (unpaired) electrons. The molecule has 1 atom stereocenters. The third-order valence-corrected chi connectivity index (χ3v) is 2.43. The average molecular weight is 256 g/mol. The van der Waals surface area contributed by atoms with Gasteiger partial charge in [0.05, 0.1) is 10.7 Å². The lowest BCUT2D eigenvalue weighted by Gasteiger charge is -2.15. The molecule has 0 aliphatic rings. The number of benzene rings is 1. The quantitative estimate of drug-likeness (QED) is 0.768. The number of carbonyl (C=O) groups is 2. The third kappa shape index (κ3) is 3.96. The lowest BCUT2D eigenvalue weighted by Crippen LogP contribution is -2.44. The number of anilines is 1. The molecule has 3 amide bonds. The number of urea groups is 1. The first-order valence-corrected chi connectivity index (χ1v) is 5.46. The Morgan fingerprint density at radius 1 is 1.29 bits per heavy atom. The van der Waals surface area contributed by atoms with Crippen LogP contribution in [0.2, 0.25) is 5.02 Å². The van der Waals surface area contributed by atoms with E-state index in [4.69, 9.17) is 11.6 Å². The maximum atomic E-state index is 11.6. The van der Waals surface area contributed by atoms with Gasteiger partial charge in [-0.15, -0.1) is 0 Å². The number of imide groups is 1. The van der Waals surface area contributed by atoms with Crippen molar-refractivity contribution in [3.8, 4) is 0 Å². The van der Waals surface area contributed by atoms with Crippen LogP contribution >= 0.6 is 11.6 Å². The molecule has 0 heterocycles. The van der Waals surface area contributed by atoms with Crippen LogP contribution in [-0.2, 0) is 4.79 Å². The van der Waals surface area contributed by atoms with Crippen LogP contribution in [-0.4, -0.2) is 25.0 Å². The fourth-order valence-electron chi connectivity index (χ4n) is 1.16. The number of halogens is 1. The molecule has 1 rings (SSSR count). The molecule has 3 N–H and O–H groups in total. The topological polar surface area (TPSA) is 70.2 Å². The SMILES string of the molecule is CNC(=O)NC(=O)C(C)Nc1ccccc1Cl. The molecule has 6 heteroatoms. The summed E-state index contributed by atoms with van der Waals surface area (Å²) in [6, 6.07) is 5.97. The second-order valence-corrected chi connectivity index (χ2v) is 3.82. The Balaban J connectivity index is 2.60. The van der Waals surface area contributed by atoms with E-state index in [0.717, 1.165) is 0 Å². The monoisotopic (exact) mass is 255 g/mol. The Morgan fingerprint density at radius 2 is 1.94 bits per heavy atom. The molecule has 1 aromatic rings. The number of amides is 3. The molecule has 0 fully saturated rings.